The Kier molecular flexibility index (Phi) is 5.91. The first-order chi connectivity index (χ1) is 12.1. The summed E-state index contributed by atoms with van der Waals surface area (Å²) in [5.74, 6) is -0.104. The van der Waals surface area contributed by atoms with Crippen LogP contribution in [0.15, 0.2) is 24.3 Å². The fourth-order valence-electron chi connectivity index (χ4n) is 3.68. The highest BCUT2D eigenvalue weighted by Crippen LogP contribution is 2.20. The SMILES string of the molecule is Cc1cccc(C(=O)NCCNC(=O)N2CCC(N3CCCC3)C2)c1. The van der Waals surface area contributed by atoms with E-state index in [2.05, 4.69) is 15.5 Å². The highest BCUT2D eigenvalue weighted by molar-refractivity contribution is 5.94. The highest BCUT2D eigenvalue weighted by atomic mass is 16.2. The molecule has 2 aliphatic heterocycles. The number of urea groups is 1. The molecule has 25 heavy (non-hydrogen) atoms. The van der Waals surface area contributed by atoms with Crippen molar-refractivity contribution < 1.29 is 9.59 Å². The van der Waals surface area contributed by atoms with Gasteiger partial charge in [-0.15, -0.1) is 0 Å². The molecule has 1 atom stereocenters. The monoisotopic (exact) mass is 344 g/mol. The molecule has 2 heterocycles. The Bertz CT molecular complexity index is 613. The van der Waals surface area contributed by atoms with Crippen LogP contribution in [0.1, 0.15) is 35.2 Å². The summed E-state index contributed by atoms with van der Waals surface area (Å²) >= 11 is 0. The second kappa shape index (κ2) is 8.34. The van der Waals surface area contributed by atoms with Crippen molar-refractivity contribution in [3.63, 3.8) is 0 Å². The van der Waals surface area contributed by atoms with E-state index in [4.69, 9.17) is 0 Å². The number of rotatable bonds is 5. The van der Waals surface area contributed by atoms with Crippen LogP contribution in [0.25, 0.3) is 0 Å². The summed E-state index contributed by atoms with van der Waals surface area (Å²) in [5, 5.41) is 5.75. The van der Waals surface area contributed by atoms with Crippen molar-refractivity contribution in [1.29, 1.82) is 0 Å². The van der Waals surface area contributed by atoms with Crippen LogP contribution < -0.4 is 10.6 Å². The molecule has 1 aromatic carbocycles. The van der Waals surface area contributed by atoms with Gasteiger partial charge in [0.2, 0.25) is 0 Å². The summed E-state index contributed by atoms with van der Waals surface area (Å²) in [6.07, 6.45) is 3.63. The number of hydrogen-bond donors (Lipinski definition) is 2. The maximum Gasteiger partial charge on any atom is 0.317 e. The van der Waals surface area contributed by atoms with Crippen LogP contribution in [-0.4, -0.2) is 67.0 Å². The zero-order valence-corrected chi connectivity index (χ0v) is 15.0. The first-order valence-corrected chi connectivity index (χ1v) is 9.25. The standard InChI is InChI=1S/C19H28N4O2/c1-15-5-4-6-16(13-15)18(24)20-8-9-21-19(25)23-12-7-17(14-23)22-10-2-3-11-22/h4-6,13,17H,2-3,7-12,14H2,1H3,(H,20,24)(H,21,25). The Morgan fingerprint density at radius 1 is 1.12 bits per heavy atom. The molecule has 2 saturated heterocycles. The van der Waals surface area contributed by atoms with Crippen LogP contribution >= 0.6 is 0 Å². The van der Waals surface area contributed by atoms with E-state index in [9.17, 15) is 9.59 Å². The first-order valence-electron chi connectivity index (χ1n) is 9.25. The summed E-state index contributed by atoms with van der Waals surface area (Å²) in [7, 11) is 0. The van der Waals surface area contributed by atoms with Crippen molar-refractivity contribution >= 4 is 11.9 Å². The maximum absolute atomic E-state index is 12.2. The lowest BCUT2D eigenvalue weighted by molar-refractivity contribution is 0.0953. The van der Waals surface area contributed by atoms with Gasteiger partial charge in [-0.3, -0.25) is 9.69 Å². The normalized spacial score (nSPS) is 20.7. The van der Waals surface area contributed by atoms with E-state index in [1.807, 2.05) is 30.0 Å². The average molecular weight is 344 g/mol. The molecule has 0 aliphatic carbocycles. The van der Waals surface area contributed by atoms with Crippen LogP contribution in [0.2, 0.25) is 0 Å². The Morgan fingerprint density at radius 2 is 1.88 bits per heavy atom. The third-order valence-electron chi connectivity index (χ3n) is 5.07. The number of carbonyl (C=O) groups excluding carboxylic acids is 2. The van der Waals surface area contributed by atoms with E-state index in [1.165, 1.54) is 25.9 Å². The predicted molar refractivity (Wildman–Crippen MR) is 97.7 cm³/mol. The van der Waals surface area contributed by atoms with Gasteiger partial charge < -0.3 is 15.5 Å². The molecule has 0 spiro atoms. The smallest absolute Gasteiger partial charge is 0.317 e. The van der Waals surface area contributed by atoms with Gasteiger partial charge in [-0.05, 0) is 51.4 Å². The topological polar surface area (TPSA) is 64.7 Å². The summed E-state index contributed by atoms with van der Waals surface area (Å²) in [6, 6.07) is 7.99. The summed E-state index contributed by atoms with van der Waals surface area (Å²) in [6.45, 7) is 6.83. The molecule has 0 bridgehead atoms. The van der Waals surface area contributed by atoms with E-state index in [-0.39, 0.29) is 11.9 Å². The van der Waals surface area contributed by atoms with Gasteiger partial charge in [0.1, 0.15) is 0 Å². The predicted octanol–water partition coefficient (Wildman–Crippen LogP) is 1.60. The van der Waals surface area contributed by atoms with E-state index >= 15 is 0 Å². The molecule has 2 aliphatic rings. The lowest BCUT2D eigenvalue weighted by Crippen LogP contribution is -2.43. The Morgan fingerprint density at radius 3 is 2.64 bits per heavy atom. The van der Waals surface area contributed by atoms with E-state index < -0.39 is 0 Å². The maximum atomic E-state index is 12.2. The molecule has 6 heteroatoms. The number of benzene rings is 1. The number of hydrogen-bond acceptors (Lipinski definition) is 3. The van der Waals surface area contributed by atoms with Gasteiger partial charge in [0, 0.05) is 37.8 Å². The summed E-state index contributed by atoms with van der Waals surface area (Å²) < 4.78 is 0. The van der Waals surface area contributed by atoms with E-state index in [1.54, 1.807) is 6.07 Å². The molecule has 136 valence electrons. The van der Waals surface area contributed by atoms with Crippen LogP contribution in [-0.2, 0) is 0 Å². The third kappa shape index (κ3) is 4.72. The van der Waals surface area contributed by atoms with Gasteiger partial charge in [0.25, 0.3) is 5.91 Å². The zero-order valence-electron chi connectivity index (χ0n) is 15.0. The van der Waals surface area contributed by atoms with Crippen molar-refractivity contribution in [2.24, 2.45) is 0 Å². The molecule has 0 saturated carbocycles. The fraction of sp³-hybridized carbons (Fsp3) is 0.579. The Balaban J connectivity index is 1.35. The molecular formula is C19H28N4O2. The van der Waals surface area contributed by atoms with Crippen LogP contribution in [0.5, 0.6) is 0 Å². The summed E-state index contributed by atoms with van der Waals surface area (Å²) in [5.41, 5.74) is 1.71. The van der Waals surface area contributed by atoms with Crippen LogP contribution in [0, 0.1) is 6.92 Å². The molecule has 3 rings (SSSR count). The molecule has 6 nitrogen and oxygen atoms in total. The third-order valence-corrected chi connectivity index (χ3v) is 5.07. The van der Waals surface area contributed by atoms with Crippen molar-refractivity contribution in [3.8, 4) is 0 Å². The van der Waals surface area contributed by atoms with Gasteiger partial charge in [-0.2, -0.15) is 0 Å². The van der Waals surface area contributed by atoms with Gasteiger partial charge in [-0.25, -0.2) is 4.79 Å². The van der Waals surface area contributed by atoms with Gasteiger partial charge >= 0.3 is 6.03 Å². The minimum atomic E-state index is -0.104. The molecule has 1 aromatic rings. The Hall–Kier alpha value is -2.08. The van der Waals surface area contributed by atoms with Crippen LogP contribution in [0.4, 0.5) is 4.79 Å². The molecule has 2 N–H and O–H groups in total. The van der Waals surface area contributed by atoms with Crippen molar-refractivity contribution in [2.45, 2.75) is 32.2 Å². The first kappa shape index (κ1) is 17.7. The molecule has 3 amide bonds. The van der Waals surface area contributed by atoms with Gasteiger partial charge in [0.05, 0.1) is 0 Å². The van der Waals surface area contributed by atoms with Crippen molar-refractivity contribution in [1.82, 2.24) is 20.4 Å². The minimum Gasteiger partial charge on any atom is -0.350 e. The number of nitrogens with one attached hydrogen (secondary N) is 2. The largest absolute Gasteiger partial charge is 0.350 e. The van der Waals surface area contributed by atoms with Gasteiger partial charge in [-0.1, -0.05) is 17.7 Å². The quantitative estimate of drug-likeness (QED) is 0.798. The summed E-state index contributed by atoms with van der Waals surface area (Å²) in [4.78, 5) is 28.7. The molecule has 1 unspecified atom stereocenters. The molecule has 0 aromatic heterocycles. The molecule has 0 radical (unpaired) electrons. The van der Waals surface area contributed by atoms with E-state index in [0.29, 0.717) is 24.7 Å². The van der Waals surface area contributed by atoms with Crippen molar-refractivity contribution in [3.05, 3.63) is 35.4 Å². The molecular weight excluding hydrogens is 316 g/mol. The lowest BCUT2D eigenvalue weighted by atomic mass is 10.1. The number of amides is 3. The minimum absolute atomic E-state index is 0.0218. The highest BCUT2D eigenvalue weighted by Gasteiger charge is 2.31. The zero-order chi connectivity index (χ0) is 17.6. The number of aryl methyl sites for hydroxylation is 1. The Labute approximate surface area is 149 Å². The number of nitrogens with zero attached hydrogens (tertiary/aromatic N) is 2. The number of likely N-dealkylation sites (tertiary alicyclic amines) is 2. The van der Waals surface area contributed by atoms with E-state index in [0.717, 1.165) is 25.1 Å². The van der Waals surface area contributed by atoms with Gasteiger partial charge in [0.15, 0.2) is 0 Å². The second-order valence-corrected chi connectivity index (χ2v) is 6.99. The van der Waals surface area contributed by atoms with Crippen LogP contribution in [0.3, 0.4) is 0 Å². The van der Waals surface area contributed by atoms with Crippen molar-refractivity contribution in [2.75, 3.05) is 39.3 Å². The molecule has 2 fully saturated rings. The second-order valence-electron chi connectivity index (χ2n) is 6.99. The lowest BCUT2D eigenvalue weighted by Gasteiger charge is -2.23. The average Bonchev–Trinajstić information content (AvgIpc) is 3.29. The fourth-order valence-corrected chi connectivity index (χ4v) is 3.68. The number of carbonyl (C=O) groups is 2.